The van der Waals surface area contributed by atoms with E-state index in [1.54, 1.807) is 0 Å². The van der Waals surface area contributed by atoms with E-state index >= 15 is 0 Å². The summed E-state index contributed by atoms with van der Waals surface area (Å²) in [4.78, 5) is 151. The number of imide groups is 1. The molecule has 0 radical (unpaired) electrons. The first-order valence-corrected chi connectivity index (χ1v) is 34.3. The summed E-state index contributed by atoms with van der Waals surface area (Å²) in [6.45, 7) is 17.4. The number of hydrogen-bond donors (Lipinski definition) is 3. The Balaban J connectivity index is 2.02. The normalized spacial score (nSPS) is 18.0. The van der Waals surface area contributed by atoms with E-state index in [2.05, 4.69) is 112 Å². The summed E-state index contributed by atoms with van der Waals surface area (Å²) in [5, 5.41) is 8.53. The number of nitrogens with one attached hydrogen (secondary N) is 3. The van der Waals surface area contributed by atoms with Gasteiger partial charge in [-0.25, -0.2) is 0 Å². The average Bonchev–Trinajstić information content (AvgIpc) is 1.57. The first-order chi connectivity index (χ1) is 42.0. The van der Waals surface area contributed by atoms with E-state index in [1.165, 1.54) is 109 Å². The van der Waals surface area contributed by atoms with Gasteiger partial charge in [-0.05, 0) is 104 Å². The highest BCUT2D eigenvalue weighted by atomic mass is 79.9. The van der Waals surface area contributed by atoms with E-state index in [0.717, 1.165) is 0 Å². The van der Waals surface area contributed by atoms with Gasteiger partial charge in [0.1, 0.15) is 81.8 Å². The van der Waals surface area contributed by atoms with Gasteiger partial charge in [0, 0.05) is 25.0 Å². The first kappa shape index (κ1) is 83.0. The van der Waals surface area contributed by atoms with Crippen molar-refractivity contribution in [3.8, 4) is 0 Å². The number of hydrogen-bond acceptors (Lipinski definition) is 22. The van der Waals surface area contributed by atoms with Crippen molar-refractivity contribution in [3.63, 3.8) is 0 Å². The summed E-state index contributed by atoms with van der Waals surface area (Å²) in [5.74, 6) is -8.65. The van der Waals surface area contributed by atoms with Gasteiger partial charge < -0.3 is 68.1 Å². The van der Waals surface area contributed by atoms with Crippen LogP contribution in [-0.2, 0) is 105 Å². The van der Waals surface area contributed by atoms with Crippen molar-refractivity contribution in [1.29, 1.82) is 0 Å². The lowest BCUT2D eigenvalue weighted by Crippen LogP contribution is -2.59. The Morgan fingerprint density at radius 3 is 0.848 bits per heavy atom. The molecule has 3 N–H and O–H groups in total. The molecule has 32 heteroatoms. The summed E-state index contributed by atoms with van der Waals surface area (Å²) in [5.41, 5.74) is -7.12. The number of halogens is 6. The number of nitrogens with zero attached hydrogens (tertiary/aromatic N) is 1. The lowest BCUT2D eigenvalue weighted by molar-refractivity contribution is -0.161. The molecule has 0 saturated carbocycles. The minimum Gasteiger partial charge on any atom is -0.463 e. The van der Waals surface area contributed by atoms with Crippen LogP contribution in [0.3, 0.4) is 0 Å². The van der Waals surface area contributed by atoms with Crippen molar-refractivity contribution in [3.05, 3.63) is 12.2 Å². The topological polar surface area (TPSA) is 329 Å². The predicted octanol–water partition coefficient (Wildman–Crippen LogP) is 5.65. The molecule has 0 aromatic carbocycles. The van der Waals surface area contributed by atoms with Crippen LogP contribution in [0, 0.1) is 33.5 Å². The number of amides is 5. The van der Waals surface area contributed by atoms with E-state index < -0.39 is 179 Å². The standard InChI is InChI=1S/C60H90Br6N4O22/c1-51(2,61)45(76)86-29-57(13,30-87-46(77)52(3,4)62)42(73)67-26-60(27-68-43(74)58(14,31-88-47(78)53(5,6)63)32-89-48(79)54(7,8)64,28-69-44(75)59(15,33-90-49(80)55(9,10)65)34-91-50(81)56(11,12)66)35-85-25-24-84-23-22-83-21-20-82-19-18-70-40(71)38-36-16-17-37(92-36)39(38)41(70)72/h16-17,36-39H,18-35H2,1-15H3,(H,67,73)(H,68,74)(H,69,75). The van der Waals surface area contributed by atoms with Gasteiger partial charge in [0.15, 0.2) is 0 Å². The molecule has 3 heterocycles. The second kappa shape index (κ2) is 34.3. The average molecular weight is 1700 g/mol. The van der Waals surface area contributed by atoms with Gasteiger partial charge in [0.05, 0.1) is 83.4 Å². The molecule has 4 atom stereocenters. The van der Waals surface area contributed by atoms with E-state index in [0.29, 0.717) is 0 Å². The molecule has 0 aromatic rings. The molecule has 2 fully saturated rings. The summed E-state index contributed by atoms with van der Waals surface area (Å²) < 4.78 is 55.5. The zero-order valence-electron chi connectivity index (χ0n) is 54.9. The second-order valence-corrected chi connectivity index (χ2v) is 38.6. The van der Waals surface area contributed by atoms with Crippen LogP contribution in [0.25, 0.3) is 0 Å². The van der Waals surface area contributed by atoms with Gasteiger partial charge in [-0.15, -0.1) is 0 Å². The second-order valence-electron chi connectivity index (χ2n) is 26.7. The number of likely N-dealkylation sites (tertiary alicyclic amines) is 1. The number of carbonyl (C=O) groups is 11. The third-order valence-electron chi connectivity index (χ3n) is 14.5. The highest BCUT2D eigenvalue weighted by molar-refractivity contribution is 9.11. The van der Waals surface area contributed by atoms with Gasteiger partial charge in [-0.2, -0.15) is 0 Å². The Bertz CT molecular complexity index is 2350. The minimum absolute atomic E-state index is 0.0445. The number of esters is 6. The fourth-order valence-electron chi connectivity index (χ4n) is 8.37. The maximum atomic E-state index is 14.8. The van der Waals surface area contributed by atoms with Gasteiger partial charge >= 0.3 is 35.8 Å². The van der Waals surface area contributed by atoms with Crippen LogP contribution < -0.4 is 16.0 Å². The molecule has 2 bridgehead atoms. The molecule has 0 aromatic heterocycles. The molecule has 3 rings (SSSR count). The van der Waals surface area contributed by atoms with Gasteiger partial charge in [-0.1, -0.05) is 108 Å². The molecule has 524 valence electrons. The fraction of sp³-hybridized carbons (Fsp3) is 0.783. The predicted molar refractivity (Wildman–Crippen MR) is 354 cm³/mol. The van der Waals surface area contributed by atoms with Gasteiger partial charge in [-0.3, -0.25) is 57.6 Å². The van der Waals surface area contributed by atoms with Crippen LogP contribution in [0.2, 0.25) is 0 Å². The van der Waals surface area contributed by atoms with Crippen LogP contribution in [0.1, 0.15) is 104 Å². The fourth-order valence-corrected chi connectivity index (χ4v) is 9.06. The molecule has 26 nitrogen and oxygen atoms in total. The molecule has 5 amide bonds. The number of fused-ring (bicyclic) bond motifs is 5. The molecule has 0 spiro atoms. The number of ether oxygens (including phenoxy) is 11. The Hall–Kier alpha value is -3.21. The van der Waals surface area contributed by atoms with Crippen molar-refractivity contribution in [2.75, 3.05) is 119 Å². The largest absolute Gasteiger partial charge is 0.463 e. The van der Waals surface area contributed by atoms with Crippen LogP contribution in [0.15, 0.2) is 12.2 Å². The zero-order chi connectivity index (χ0) is 70.3. The highest BCUT2D eigenvalue weighted by Gasteiger charge is 2.60. The molecular weight excluding hydrogens is 1610 g/mol. The summed E-state index contributed by atoms with van der Waals surface area (Å²) in [6, 6.07) is 0. The summed E-state index contributed by atoms with van der Waals surface area (Å²) in [7, 11) is 0. The van der Waals surface area contributed by atoms with Gasteiger partial charge in [0.2, 0.25) is 29.5 Å². The lowest BCUT2D eigenvalue weighted by Gasteiger charge is -2.38. The quantitative estimate of drug-likeness (QED) is 0.0166. The first-order valence-electron chi connectivity index (χ1n) is 29.6. The van der Waals surface area contributed by atoms with Crippen LogP contribution in [-0.4, -0.2) is 227 Å². The van der Waals surface area contributed by atoms with E-state index in [9.17, 15) is 52.7 Å². The Kier molecular flexibility index (Phi) is 31.0. The molecule has 3 aliphatic heterocycles. The van der Waals surface area contributed by atoms with E-state index in [4.69, 9.17) is 52.1 Å². The number of carbonyl (C=O) groups excluding carboxylic acids is 11. The SMILES string of the molecule is CC(C)(Br)C(=O)OCC(C)(COC(=O)C(C)(C)Br)C(=O)NCC(CNC(=O)C(C)(COC(=O)C(C)(C)Br)COC(=O)C(C)(C)Br)(CNC(=O)C(C)(COC(=O)C(C)(C)Br)COC(=O)C(C)(C)Br)COCCOCCOCCOCCN1C(=O)C2C3C=CC(O3)C2C1=O. The highest BCUT2D eigenvalue weighted by Crippen LogP contribution is 2.45. The minimum atomic E-state index is -1.82. The molecule has 2 saturated heterocycles. The molecule has 0 aliphatic carbocycles. The van der Waals surface area contributed by atoms with Crippen LogP contribution in [0.4, 0.5) is 0 Å². The summed E-state index contributed by atoms with van der Waals surface area (Å²) >= 11 is 19.6. The smallest absolute Gasteiger partial charge is 0.322 e. The van der Waals surface area contributed by atoms with E-state index in [1.807, 2.05) is 12.2 Å². The molecule has 4 unspecified atom stereocenters. The van der Waals surface area contributed by atoms with Crippen molar-refractivity contribution in [1.82, 2.24) is 20.9 Å². The third-order valence-corrected chi connectivity index (χ3v) is 16.5. The monoisotopic (exact) mass is 1690 g/mol. The number of rotatable bonds is 41. The maximum absolute atomic E-state index is 14.8. The zero-order valence-corrected chi connectivity index (χ0v) is 64.4. The van der Waals surface area contributed by atoms with Crippen LogP contribution in [0.5, 0.6) is 0 Å². The summed E-state index contributed by atoms with van der Waals surface area (Å²) in [6.07, 6.45) is 2.86. The molecule has 3 aliphatic rings. The van der Waals surface area contributed by atoms with Crippen LogP contribution >= 0.6 is 95.6 Å². The van der Waals surface area contributed by atoms with Crippen molar-refractivity contribution in [2.45, 2.75) is 142 Å². The Labute approximate surface area is 588 Å². The van der Waals surface area contributed by atoms with E-state index in [-0.39, 0.29) is 76.8 Å². The molecular formula is C60H90Br6N4O22. The lowest BCUT2D eigenvalue weighted by atomic mass is 9.84. The van der Waals surface area contributed by atoms with Crippen molar-refractivity contribution >= 4 is 161 Å². The van der Waals surface area contributed by atoms with Gasteiger partial charge in [0.25, 0.3) is 0 Å². The Morgan fingerprint density at radius 1 is 0.380 bits per heavy atom. The maximum Gasteiger partial charge on any atom is 0.322 e. The number of alkyl halides is 6. The van der Waals surface area contributed by atoms with Crippen molar-refractivity contribution < 1.29 is 105 Å². The molecule has 92 heavy (non-hydrogen) atoms. The van der Waals surface area contributed by atoms with Crippen molar-refractivity contribution in [2.24, 2.45) is 33.5 Å². The third kappa shape index (κ3) is 25.3. The Morgan fingerprint density at radius 2 is 0.609 bits per heavy atom.